The fourth-order valence-electron chi connectivity index (χ4n) is 4.08. The third-order valence-corrected chi connectivity index (χ3v) is 7.69. The van der Waals surface area contributed by atoms with Crippen LogP contribution in [0.15, 0.2) is 46.5 Å². The van der Waals surface area contributed by atoms with Crippen molar-refractivity contribution >= 4 is 34.7 Å². The summed E-state index contributed by atoms with van der Waals surface area (Å²) in [6, 6.07) is 4.03. The molecule has 0 unspecified atom stereocenters. The smallest absolute Gasteiger partial charge is 0.501 e. The first-order chi connectivity index (χ1) is 17.3. The molecule has 1 aliphatic heterocycles. The van der Waals surface area contributed by atoms with Crippen molar-refractivity contribution in [2.24, 2.45) is 0 Å². The normalized spacial score (nSPS) is 14.4. The fourth-order valence-corrected chi connectivity index (χ4v) is 5.41. The summed E-state index contributed by atoms with van der Waals surface area (Å²) in [7, 11) is 2.01. The van der Waals surface area contributed by atoms with Crippen molar-refractivity contribution in [3.05, 3.63) is 63.4 Å². The van der Waals surface area contributed by atoms with Crippen LogP contribution in [0.3, 0.4) is 0 Å². The van der Waals surface area contributed by atoms with Crippen LogP contribution in [0.4, 0.5) is 4.39 Å². The molecule has 4 aromatic rings. The molecule has 0 saturated carbocycles. The Morgan fingerprint density at radius 3 is 2.75 bits per heavy atom. The Morgan fingerprint density at radius 2 is 2.00 bits per heavy atom. The number of fused-ring (bicyclic) bond motifs is 1. The van der Waals surface area contributed by atoms with Gasteiger partial charge in [-0.3, -0.25) is 9.59 Å². The van der Waals surface area contributed by atoms with E-state index in [1.54, 1.807) is 27.9 Å². The number of nitrogens with zero attached hydrogens (tertiary/aromatic N) is 6. The molecule has 1 amide bonds. The Hall–Kier alpha value is -3.55. The molecule has 0 radical (unpaired) electrons. The predicted molar refractivity (Wildman–Crippen MR) is 132 cm³/mol. The van der Waals surface area contributed by atoms with Gasteiger partial charge in [0.15, 0.2) is 5.69 Å². The van der Waals surface area contributed by atoms with Gasteiger partial charge in [-0.05, 0) is 19.2 Å². The minimum absolute atomic E-state index is 0.0141. The number of aromatic nitrogens is 4. The Bertz CT molecular complexity index is 1520. The second kappa shape index (κ2) is 9.84. The van der Waals surface area contributed by atoms with Crippen LogP contribution in [0.25, 0.3) is 16.5 Å². The van der Waals surface area contributed by atoms with E-state index in [1.807, 2.05) is 7.05 Å². The summed E-state index contributed by atoms with van der Waals surface area (Å²) in [5, 5.41) is 10.9. The summed E-state index contributed by atoms with van der Waals surface area (Å²) < 4.78 is 27.6. The third-order valence-electron chi connectivity index (χ3n) is 6.13. The average molecular weight is 530 g/mol. The Kier molecular flexibility index (Phi) is 6.60. The van der Waals surface area contributed by atoms with Crippen molar-refractivity contribution < 1.29 is 18.5 Å². The number of imidazole rings is 1. The maximum Gasteiger partial charge on any atom is 0.505 e. The van der Waals surface area contributed by atoms with Crippen LogP contribution in [-0.4, -0.2) is 73.0 Å². The van der Waals surface area contributed by atoms with E-state index in [4.69, 9.17) is 0 Å². The molecule has 0 spiro atoms. The van der Waals surface area contributed by atoms with Gasteiger partial charge in [0, 0.05) is 71.9 Å². The highest BCUT2D eigenvalue weighted by atomic mass is 32.1. The van der Waals surface area contributed by atoms with Gasteiger partial charge in [0.1, 0.15) is 17.4 Å². The number of rotatable bonds is 6. The molecule has 5 rings (SSSR count). The maximum absolute atomic E-state index is 13.5. The molecule has 1 saturated heterocycles. The summed E-state index contributed by atoms with van der Waals surface area (Å²) >= 11 is 1.42. The number of halogens is 1. The molecule has 1 aliphatic rings. The van der Waals surface area contributed by atoms with E-state index in [0.29, 0.717) is 30.1 Å². The average Bonchev–Trinajstić information content (AvgIpc) is 3.50. The van der Waals surface area contributed by atoms with Crippen molar-refractivity contribution in [2.75, 3.05) is 33.2 Å². The quantitative estimate of drug-likeness (QED) is 0.378. The molecule has 4 heterocycles. The number of aromatic hydroxyl groups is 1. The zero-order chi connectivity index (χ0) is 25.4. The third kappa shape index (κ3) is 4.64. The topological polar surface area (TPSA) is 113 Å². The van der Waals surface area contributed by atoms with E-state index < -0.39 is 17.1 Å². The molecule has 0 bridgehead atoms. The summed E-state index contributed by atoms with van der Waals surface area (Å²) in [5.74, 6) is -0.892. The zero-order valence-electron chi connectivity index (χ0n) is 19.3. The minimum Gasteiger partial charge on any atom is -0.501 e. The number of likely N-dealkylation sites (N-methyl/N-ethyl adjacent to an activating group) is 1. The Morgan fingerprint density at radius 1 is 1.22 bits per heavy atom. The van der Waals surface area contributed by atoms with Crippen LogP contribution >= 0.6 is 11.3 Å². The van der Waals surface area contributed by atoms with Gasteiger partial charge < -0.3 is 19.5 Å². The standard InChI is InChI=1S/C23H21FN6O4S2/c1-27-4-6-28(7-5-27)18(31)13-29-8-9-30-22(33)20(32)19(26-23(29)30)21-25-12-16(35-21)10-14-2-3-15(24)11-17(14)36-34/h2-3,8-9,11-12H,4-7,10,13H2,1H3/p+1. The molecule has 1 fully saturated rings. The highest BCUT2D eigenvalue weighted by Gasteiger charge is 2.23. The number of hydrogen-bond acceptors (Lipinski definition) is 8. The number of carbonyl (C=O) groups is 1. The molecule has 1 aromatic carbocycles. The number of thiazole rings is 1. The number of piperazine rings is 1. The lowest BCUT2D eigenvalue weighted by molar-refractivity contribution is -0.133. The SMILES string of the molecule is CN1CCN(C(=O)Cn2ccn3c(=O)c(O)c(-c4ncc(Cc5ccc(F)cc5[S+]=O)s4)nc23)CC1. The molecule has 0 aliphatic carbocycles. The largest absolute Gasteiger partial charge is 0.505 e. The van der Waals surface area contributed by atoms with E-state index in [1.165, 1.54) is 34.1 Å². The Labute approximate surface area is 212 Å². The van der Waals surface area contributed by atoms with Crippen LogP contribution in [0.2, 0.25) is 0 Å². The van der Waals surface area contributed by atoms with E-state index in [2.05, 4.69) is 14.9 Å². The van der Waals surface area contributed by atoms with Crippen LogP contribution in [0.1, 0.15) is 10.4 Å². The lowest BCUT2D eigenvalue weighted by atomic mass is 10.1. The monoisotopic (exact) mass is 529 g/mol. The zero-order valence-corrected chi connectivity index (χ0v) is 20.9. The molecular formula is C23H22FN6O4S2+. The summed E-state index contributed by atoms with van der Waals surface area (Å²) in [4.78, 5) is 39.4. The molecule has 10 nitrogen and oxygen atoms in total. The molecule has 3 aromatic heterocycles. The Balaban J connectivity index is 1.44. The summed E-state index contributed by atoms with van der Waals surface area (Å²) in [5.41, 5.74) is -0.00232. The second-order valence-corrected chi connectivity index (χ2v) is 10.3. The second-order valence-electron chi connectivity index (χ2n) is 8.54. The number of amides is 1. The summed E-state index contributed by atoms with van der Waals surface area (Å²) in [6.45, 7) is 2.88. The summed E-state index contributed by atoms with van der Waals surface area (Å²) in [6.07, 6.45) is 4.96. The van der Waals surface area contributed by atoms with Gasteiger partial charge >= 0.3 is 17.2 Å². The first-order valence-electron chi connectivity index (χ1n) is 11.1. The highest BCUT2D eigenvalue weighted by Crippen LogP contribution is 2.30. The van der Waals surface area contributed by atoms with Crippen molar-refractivity contribution in [3.8, 4) is 16.5 Å². The molecule has 1 N–H and O–H groups in total. The highest BCUT2D eigenvalue weighted by molar-refractivity contribution is 7.65. The number of hydrogen-bond donors (Lipinski definition) is 1. The van der Waals surface area contributed by atoms with Crippen molar-refractivity contribution in [1.82, 2.24) is 28.7 Å². The number of carbonyl (C=O) groups excluding carboxylic acids is 1. The molecular weight excluding hydrogens is 507 g/mol. The van der Waals surface area contributed by atoms with E-state index >= 15 is 0 Å². The first-order valence-corrected chi connectivity index (χ1v) is 12.7. The van der Waals surface area contributed by atoms with Crippen molar-refractivity contribution in [3.63, 3.8) is 0 Å². The van der Waals surface area contributed by atoms with Gasteiger partial charge in [0.25, 0.3) is 4.90 Å². The molecule has 0 atom stereocenters. The van der Waals surface area contributed by atoms with Crippen LogP contribution in [0.5, 0.6) is 5.75 Å². The van der Waals surface area contributed by atoms with Gasteiger partial charge in [0.05, 0.1) is 0 Å². The van der Waals surface area contributed by atoms with E-state index in [-0.39, 0.29) is 40.5 Å². The van der Waals surface area contributed by atoms with Gasteiger partial charge in [-0.15, -0.1) is 11.3 Å². The number of benzene rings is 1. The molecule has 36 heavy (non-hydrogen) atoms. The van der Waals surface area contributed by atoms with Gasteiger partial charge in [-0.1, -0.05) is 0 Å². The van der Waals surface area contributed by atoms with Gasteiger partial charge in [0.2, 0.25) is 17.4 Å². The van der Waals surface area contributed by atoms with Crippen molar-refractivity contribution in [1.29, 1.82) is 0 Å². The molecule has 186 valence electrons. The fraction of sp³-hybridized carbons (Fsp3) is 0.304. The molecule has 13 heteroatoms. The van der Waals surface area contributed by atoms with E-state index in [0.717, 1.165) is 18.0 Å². The lowest BCUT2D eigenvalue weighted by Gasteiger charge is -2.32. The van der Waals surface area contributed by atoms with Crippen molar-refractivity contribution in [2.45, 2.75) is 17.9 Å². The minimum atomic E-state index is -0.666. The van der Waals surface area contributed by atoms with Gasteiger partial charge in [-0.25, -0.2) is 18.8 Å². The van der Waals surface area contributed by atoms with E-state index in [9.17, 15) is 23.3 Å². The predicted octanol–water partition coefficient (Wildman–Crippen LogP) is 1.62. The van der Waals surface area contributed by atoms with Crippen LogP contribution in [0, 0.1) is 5.82 Å². The van der Waals surface area contributed by atoms with Gasteiger partial charge in [-0.2, -0.15) is 0 Å². The lowest BCUT2D eigenvalue weighted by Crippen LogP contribution is -2.48. The van der Waals surface area contributed by atoms with Crippen LogP contribution < -0.4 is 5.56 Å². The van der Waals surface area contributed by atoms with Crippen LogP contribution in [-0.2, 0) is 33.6 Å². The maximum atomic E-state index is 13.5. The first kappa shape index (κ1) is 24.2.